The summed E-state index contributed by atoms with van der Waals surface area (Å²) in [7, 11) is 0. The van der Waals surface area contributed by atoms with E-state index in [1.165, 1.54) is 5.57 Å². The molecule has 4 aliphatic heterocycles. The molecule has 9 aliphatic rings. The number of carbonyl (C=O) groups is 4. The van der Waals surface area contributed by atoms with Crippen LogP contribution in [-0.2, 0) is 71.3 Å². The Hall–Kier alpha value is -3.10. The van der Waals surface area contributed by atoms with Crippen LogP contribution in [0.1, 0.15) is 121 Å². The zero-order valence-corrected chi connectivity index (χ0v) is 49.5. The van der Waals surface area contributed by atoms with Crippen LogP contribution in [0.15, 0.2) is 11.6 Å². The summed E-state index contributed by atoms with van der Waals surface area (Å²) < 4.78 is 65.3. The first kappa shape index (κ1) is 65.3. The van der Waals surface area contributed by atoms with Crippen molar-refractivity contribution < 1.29 is 127 Å². The number of carboxylic acids is 1. The fourth-order valence-electron chi connectivity index (χ4n) is 17.1. The fourth-order valence-corrected chi connectivity index (χ4v) is 17.1. The number of rotatable bonds is 14. The van der Waals surface area contributed by atoms with Crippen molar-refractivity contribution in [3.8, 4) is 0 Å². The molecule has 4 saturated carbocycles. The maximum Gasteiger partial charge on any atom is 0.335 e. The summed E-state index contributed by atoms with van der Waals surface area (Å²) in [4.78, 5) is 49.1. The van der Waals surface area contributed by atoms with E-state index in [9.17, 15) is 75.3 Å². The molecule has 0 aromatic heterocycles. The molecular weight excluding hydrogens is 1110 g/mol. The van der Waals surface area contributed by atoms with Gasteiger partial charge >= 0.3 is 23.9 Å². The van der Waals surface area contributed by atoms with E-state index in [4.69, 9.17) is 52.1 Å². The van der Waals surface area contributed by atoms with E-state index in [0.717, 1.165) is 27.2 Å². The molecule has 9 rings (SSSR count). The number of aliphatic hydroxyl groups is 10. The van der Waals surface area contributed by atoms with E-state index in [-0.39, 0.29) is 48.4 Å². The van der Waals surface area contributed by atoms with Gasteiger partial charge in [0, 0.05) is 31.6 Å². The quantitative estimate of drug-likeness (QED) is 0.0450. The number of aliphatic carboxylic acids is 1. The van der Waals surface area contributed by atoms with Crippen LogP contribution in [0.3, 0.4) is 0 Å². The number of carbonyl (C=O) groups excluding carboxylic acids is 3. The molecule has 0 bridgehead atoms. The number of fused-ring (bicyclic) bond motifs is 7. The zero-order valence-electron chi connectivity index (χ0n) is 49.5. The lowest BCUT2D eigenvalue weighted by atomic mass is 9.33. The Morgan fingerprint density at radius 1 is 0.595 bits per heavy atom. The third-order valence-electron chi connectivity index (χ3n) is 21.9. The van der Waals surface area contributed by atoms with Gasteiger partial charge in [0.2, 0.25) is 0 Å². The maximum atomic E-state index is 12.4. The molecule has 8 fully saturated rings. The maximum absolute atomic E-state index is 12.4. The molecule has 11 N–H and O–H groups in total. The summed E-state index contributed by atoms with van der Waals surface area (Å²) >= 11 is 0. The average Bonchev–Trinajstić information content (AvgIpc) is 0.729. The molecule has 0 aromatic rings. The van der Waals surface area contributed by atoms with Crippen molar-refractivity contribution in [1.29, 1.82) is 0 Å². The molecule has 4 saturated heterocycles. The molecule has 26 heteroatoms. The lowest BCUT2D eigenvalue weighted by Crippen LogP contribution is -2.69. The molecule has 4 heterocycles. The molecule has 84 heavy (non-hydrogen) atoms. The van der Waals surface area contributed by atoms with Gasteiger partial charge in [0.05, 0.1) is 44.7 Å². The summed E-state index contributed by atoms with van der Waals surface area (Å²) in [6, 6.07) is 0. The molecule has 21 unspecified atom stereocenters. The standard InChI is InChI=1S/C58H90O26/c1-24(61)76-31-22-75-51(45(78-26(3)63)42(31)77-25(2)62)81-41-29(64)21-74-49(40(41)70)84-47-46(71)53(4,5)19-28-27-11-12-33-55(7)15-14-34(56(8,23-60)32(55)13-16-58(33,10)57(27,9)18-17-54(28,47)6)80-52-44(38(68)37(67)43(82-52)48(72)73)83-50-39(69)36(66)35(65)30(20-59)79-50/h11,28-47,49-52,59-60,64-71H,12-23H2,1-10H3,(H,72,73)/t28?,29?,30?,31?,32?,33?,34-,35?,36?,37?,38?,39?,40?,41?,42?,43?,44?,45?,46-,47+,49?,50?,51?,52?,54+,55-,56+,57+,58+/m0/s1. The van der Waals surface area contributed by atoms with Crippen LogP contribution in [0, 0.1) is 50.2 Å². The summed E-state index contributed by atoms with van der Waals surface area (Å²) in [5, 5.41) is 122. The Kier molecular flexibility index (Phi) is 18.7. The number of aliphatic hydroxyl groups excluding tert-OH is 10. The Morgan fingerprint density at radius 3 is 1.87 bits per heavy atom. The van der Waals surface area contributed by atoms with Crippen LogP contribution in [-0.4, -0.2) is 235 Å². The first-order valence-corrected chi connectivity index (χ1v) is 29.5. The molecule has 0 amide bonds. The number of hydrogen-bond acceptors (Lipinski definition) is 25. The van der Waals surface area contributed by atoms with E-state index < -0.39 is 181 Å². The lowest BCUT2D eigenvalue weighted by molar-refractivity contribution is -0.375. The van der Waals surface area contributed by atoms with Crippen LogP contribution in [0.2, 0.25) is 0 Å². The van der Waals surface area contributed by atoms with Crippen molar-refractivity contribution in [2.24, 2.45) is 50.2 Å². The SMILES string of the molecule is CC(=O)OC1COC(OC2C(O)COC(O[C@@H]3[C@H](O)C(C)(C)CC4C5=CCC6[C@@]7(C)CC[C@H](OC8OC(C(=O)O)C(O)C(O)C8OC8OC(CO)C(O)C(O)C8O)[C@](C)(CO)C7CC[C@@]6(C)[C@]5(C)CC[C@]43C)C2O)C(OC(C)=O)C1OC(C)=O. The molecule has 5 aliphatic carbocycles. The Labute approximate surface area is 487 Å². The molecule has 29 atom stereocenters. The van der Waals surface area contributed by atoms with Crippen molar-refractivity contribution in [2.45, 2.75) is 250 Å². The Bertz CT molecular complexity index is 2440. The van der Waals surface area contributed by atoms with E-state index in [2.05, 4.69) is 33.8 Å². The van der Waals surface area contributed by atoms with Crippen LogP contribution in [0.5, 0.6) is 0 Å². The minimum atomic E-state index is -2.05. The molecule has 478 valence electrons. The average molecular weight is 1200 g/mol. The summed E-state index contributed by atoms with van der Waals surface area (Å²) in [6.45, 7) is 16.4. The van der Waals surface area contributed by atoms with E-state index in [1.54, 1.807) is 0 Å². The van der Waals surface area contributed by atoms with Crippen molar-refractivity contribution in [3.63, 3.8) is 0 Å². The fraction of sp³-hybridized carbons (Fsp3) is 0.897. The predicted octanol–water partition coefficient (Wildman–Crippen LogP) is -0.537. The first-order chi connectivity index (χ1) is 39.2. The monoisotopic (exact) mass is 1200 g/mol. The molecule has 0 aromatic carbocycles. The van der Waals surface area contributed by atoms with E-state index >= 15 is 0 Å². The van der Waals surface area contributed by atoms with E-state index in [0.29, 0.717) is 44.9 Å². The summed E-state index contributed by atoms with van der Waals surface area (Å²) in [6.07, 6.45) is -25.6. The van der Waals surface area contributed by atoms with Crippen LogP contribution in [0.4, 0.5) is 0 Å². The van der Waals surface area contributed by atoms with Gasteiger partial charge in [-0.1, -0.05) is 60.1 Å². The lowest BCUT2D eigenvalue weighted by Gasteiger charge is -2.72. The van der Waals surface area contributed by atoms with Gasteiger partial charge in [-0.25, -0.2) is 4.79 Å². The third-order valence-corrected chi connectivity index (χ3v) is 21.9. The molecule has 0 radical (unpaired) electrons. The van der Waals surface area contributed by atoms with Gasteiger partial charge in [-0.2, -0.15) is 0 Å². The second kappa shape index (κ2) is 24.0. The van der Waals surface area contributed by atoms with Gasteiger partial charge in [0.15, 0.2) is 49.6 Å². The van der Waals surface area contributed by atoms with Crippen molar-refractivity contribution in [1.82, 2.24) is 0 Å². The summed E-state index contributed by atoms with van der Waals surface area (Å²) in [5.74, 6) is -4.17. The van der Waals surface area contributed by atoms with Gasteiger partial charge < -0.3 is 108 Å². The van der Waals surface area contributed by atoms with Gasteiger partial charge in [0.25, 0.3) is 0 Å². The number of esters is 3. The second-order valence-electron chi connectivity index (χ2n) is 27.3. The van der Waals surface area contributed by atoms with Gasteiger partial charge in [-0.15, -0.1) is 0 Å². The smallest absolute Gasteiger partial charge is 0.335 e. The predicted molar refractivity (Wildman–Crippen MR) is 283 cm³/mol. The Morgan fingerprint density at radius 2 is 1.24 bits per heavy atom. The van der Waals surface area contributed by atoms with Gasteiger partial charge in [0.1, 0.15) is 61.0 Å². The Balaban J connectivity index is 0.950. The highest BCUT2D eigenvalue weighted by molar-refractivity contribution is 5.73. The van der Waals surface area contributed by atoms with E-state index in [1.807, 2.05) is 20.8 Å². The van der Waals surface area contributed by atoms with Gasteiger partial charge in [-0.3, -0.25) is 14.4 Å². The van der Waals surface area contributed by atoms with Crippen molar-refractivity contribution in [3.05, 3.63) is 11.6 Å². The van der Waals surface area contributed by atoms with Crippen LogP contribution >= 0.6 is 0 Å². The normalized spacial score (nSPS) is 50.9. The van der Waals surface area contributed by atoms with Crippen LogP contribution < -0.4 is 0 Å². The largest absolute Gasteiger partial charge is 0.479 e. The van der Waals surface area contributed by atoms with Gasteiger partial charge in [-0.05, 0) is 90.8 Å². The zero-order chi connectivity index (χ0) is 61.7. The highest BCUT2D eigenvalue weighted by Gasteiger charge is 2.71. The minimum Gasteiger partial charge on any atom is -0.479 e. The number of hydrogen-bond donors (Lipinski definition) is 11. The molecule has 0 spiro atoms. The third kappa shape index (κ3) is 11.1. The minimum absolute atomic E-state index is 0.0732. The van der Waals surface area contributed by atoms with Crippen molar-refractivity contribution in [2.75, 3.05) is 26.4 Å². The highest BCUT2D eigenvalue weighted by Crippen LogP contribution is 2.76. The second-order valence-corrected chi connectivity index (χ2v) is 27.3. The first-order valence-electron chi connectivity index (χ1n) is 29.5. The molecular formula is C58H90O26. The number of carboxylic acid groups (broad SMARTS) is 1. The van der Waals surface area contributed by atoms with Crippen LogP contribution in [0.25, 0.3) is 0 Å². The number of allylic oxidation sites excluding steroid dienone is 2. The summed E-state index contributed by atoms with van der Waals surface area (Å²) in [5.41, 5.74) is -2.31. The van der Waals surface area contributed by atoms with Crippen molar-refractivity contribution >= 4 is 23.9 Å². The topological polar surface area (TPSA) is 392 Å². The number of ether oxygens (including phenoxy) is 11. The molecule has 26 nitrogen and oxygen atoms in total. The highest BCUT2D eigenvalue weighted by atomic mass is 16.8.